The number of amides is 3. The molecule has 0 aliphatic carbocycles. The Morgan fingerprint density at radius 1 is 0.843 bits per heavy atom. The Hall–Kier alpha value is -6.28. The third-order valence-electron chi connectivity index (χ3n) is 7.71. The van der Waals surface area contributed by atoms with E-state index in [0.717, 1.165) is 10.8 Å². The lowest BCUT2D eigenvalue weighted by Crippen LogP contribution is -2.58. The van der Waals surface area contributed by atoms with Crippen molar-refractivity contribution in [3.05, 3.63) is 149 Å². The Morgan fingerprint density at radius 2 is 1.47 bits per heavy atom. The number of carbonyl (C=O) groups is 3. The van der Waals surface area contributed by atoms with Crippen LogP contribution in [0.3, 0.4) is 0 Å². The fraction of sp³-hybridized carbons (Fsp3) is 0.189. The number of hydrogen-bond donors (Lipinski definition) is 4. The molecule has 0 aliphatic rings. The molecule has 2 atom stereocenters. The normalized spacial score (nSPS) is 12.3. The van der Waals surface area contributed by atoms with Crippen molar-refractivity contribution in [1.82, 2.24) is 25.2 Å². The SMILES string of the molecule is O=C(Cn1c(-c2cccnc2)ncc(NC(=O)OCc2ccccc2)c1=O)NC(Cc1ccccc1)C(O)C(F)(F)C(=O)NCc1ccccc1. The number of nitrogens with zero attached hydrogens (tertiary/aromatic N) is 3. The van der Waals surface area contributed by atoms with Gasteiger partial charge in [-0.2, -0.15) is 8.78 Å². The van der Waals surface area contributed by atoms with Crippen LogP contribution in [-0.2, 0) is 40.4 Å². The smallest absolute Gasteiger partial charge is 0.412 e. The maximum absolute atomic E-state index is 15.5. The van der Waals surface area contributed by atoms with Crippen LogP contribution in [0.4, 0.5) is 19.3 Å². The van der Waals surface area contributed by atoms with Gasteiger partial charge in [-0.25, -0.2) is 9.78 Å². The summed E-state index contributed by atoms with van der Waals surface area (Å²) in [6.07, 6.45) is 0.0719. The van der Waals surface area contributed by atoms with E-state index < -0.39 is 48.1 Å². The molecule has 5 rings (SSSR count). The molecular formula is C37H34F2N6O6. The molecule has 3 amide bonds. The fourth-order valence-electron chi connectivity index (χ4n) is 5.11. The second-order valence-corrected chi connectivity index (χ2v) is 11.4. The summed E-state index contributed by atoms with van der Waals surface area (Å²) in [5.41, 5.74) is 0.908. The number of ether oxygens (including phenoxy) is 1. The molecule has 0 radical (unpaired) electrons. The van der Waals surface area contributed by atoms with Crippen LogP contribution in [0, 0.1) is 0 Å². The van der Waals surface area contributed by atoms with Crippen molar-refractivity contribution in [2.45, 2.75) is 44.2 Å². The summed E-state index contributed by atoms with van der Waals surface area (Å²) in [5.74, 6) is -7.04. The lowest BCUT2D eigenvalue weighted by atomic mass is 9.96. The lowest BCUT2D eigenvalue weighted by Gasteiger charge is -2.30. The van der Waals surface area contributed by atoms with Crippen LogP contribution in [0.5, 0.6) is 0 Å². The molecule has 2 heterocycles. The first-order valence-corrected chi connectivity index (χ1v) is 15.8. The van der Waals surface area contributed by atoms with Crippen molar-refractivity contribution in [2.24, 2.45) is 0 Å². The van der Waals surface area contributed by atoms with Gasteiger partial charge >= 0.3 is 12.0 Å². The van der Waals surface area contributed by atoms with E-state index in [-0.39, 0.29) is 31.1 Å². The molecular weight excluding hydrogens is 662 g/mol. The van der Waals surface area contributed by atoms with Crippen LogP contribution in [0.2, 0.25) is 0 Å². The number of pyridine rings is 1. The summed E-state index contributed by atoms with van der Waals surface area (Å²) in [5, 5.41) is 17.8. The highest BCUT2D eigenvalue weighted by Gasteiger charge is 2.50. The minimum absolute atomic E-state index is 0.0165. The van der Waals surface area contributed by atoms with E-state index in [2.05, 4.69) is 25.9 Å². The van der Waals surface area contributed by atoms with Gasteiger partial charge in [0.1, 0.15) is 30.8 Å². The van der Waals surface area contributed by atoms with Crippen LogP contribution in [-0.4, -0.2) is 55.6 Å². The number of alkyl halides is 2. The van der Waals surface area contributed by atoms with Gasteiger partial charge in [0.15, 0.2) is 0 Å². The molecule has 51 heavy (non-hydrogen) atoms. The predicted molar refractivity (Wildman–Crippen MR) is 183 cm³/mol. The average Bonchev–Trinajstić information content (AvgIpc) is 3.15. The van der Waals surface area contributed by atoms with Gasteiger partial charge in [0, 0.05) is 24.5 Å². The quantitative estimate of drug-likeness (QED) is 0.135. The number of aromatic nitrogens is 3. The number of anilines is 1. The van der Waals surface area contributed by atoms with E-state index in [1.165, 1.54) is 12.4 Å². The predicted octanol–water partition coefficient (Wildman–Crippen LogP) is 4.09. The van der Waals surface area contributed by atoms with Crippen LogP contribution in [0.15, 0.2) is 127 Å². The van der Waals surface area contributed by atoms with Gasteiger partial charge in [-0.05, 0) is 35.2 Å². The fourth-order valence-corrected chi connectivity index (χ4v) is 5.11. The highest BCUT2D eigenvalue weighted by atomic mass is 19.3. The first-order valence-electron chi connectivity index (χ1n) is 15.8. The van der Waals surface area contributed by atoms with Gasteiger partial charge in [-0.15, -0.1) is 0 Å². The Kier molecular flexibility index (Phi) is 11.9. The number of halogens is 2. The molecule has 5 aromatic rings. The molecule has 0 spiro atoms. The van der Waals surface area contributed by atoms with Gasteiger partial charge in [0.25, 0.3) is 11.5 Å². The number of nitrogens with one attached hydrogen (secondary N) is 3. The Morgan fingerprint density at radius 3 is 2.10 bits per heavy atom. The van der Waals surface area contributed by atoms with Gasteiger partial charge in [0.2, 0.25) is 5.91 Å². The minimum atomic E-state index is -4.33. The molecule has 0 saturated heterocycles. The molecule has 3 aromatic carbocycles. The molecule has 0 fully saturated rings. The topological polar surface area (TPSA) is 165 Å². The third-order valence-corrected chi connectivity index (χ3v) is 7.71. The second kappa shape index (κ2) is 16.9. The largest absolute Gasteiger partial charge is 0.444 e. The van der Waals surface area contributed by atoms with E-state index in [1.807, 2.05) is 0 Å². The summed E-state index contributed by atoms with van der Waals surface area (Å²) in [6, 6.07) is 26.9. The van der Waals surface area contributed by atoms with Crippen LogP contribution < -0.4 is 21.5 Å². The standard InChI is InChI=1S/C37H34F2N6O6/c38-37(39,35(49)42-20-26-13-6-2-7-14-26)32(47)29(19-25-11-4-1-5-12-25)43-31(46)23-45-33(28-17-10-18-40-21-28)41-22-30(34(45)48)44-36(50)51-24-27-15-8-3-9-16-27/h1-18,21-22,29,32,47H,19-20,23-24H2,(H,42,49)(H,43,46)(H,44,50). The molecule has 0 saturated carbocycles. The number of rotatable bonds is 14. The van der Waals surface area contributed by atoms with Crippen molar-refractivity contribution in [2.75, 3.05) is 5.32 Å². The number of carbonyl (C=O) groups excluding carboxylic acids is 3. The zero-order valence-corrected chi connectivity index (χ0v) is 27.1. The summed E-state index contributed by atoms with van der Waals surface area (Å²) in [4.78, 5) is 60.8. The first kappa shape index (κ1) is 36.0. The van der Waals surface area contributed by atoms with E-state index in [1.54, 1.807) is 103 Å². The summed E-state index contributed by atoms with van der Waals surface area (Å²) >= 11 is 0. The van der Waals surface area contributed by atoms with Gasteiger partial charge in [0.05, 0.1) is 12.2 Å². The molecule has 262 valence electrons. The van der Waals surface area contributed by atoms with Gasteiger partial charge < -0.3 is 20.5 Å². The number of aliphatic hydroxyl groups excluding tert-OH is 1. The molecule has 0 bridgehead atoms. The van der Waals surface area contributed by atoms with Crippen molar-refractivity contribution in [3.63, 3.8) is 0 Å². The molecule has 4 N–H and O–H groups in total. The summed E-state index contributed by atoms with van der Waals surface area (Å²) in [6.45, 7) is -1.06. The summed E-state index contributed by atoms with van der Waals surface area (Å²) in [7, 11) is 0. The highest BCUT2D eigenvalue weighted by Crippen LogP contribution is 2.24. The zero-order chi connectivity index (χ0) is 36.2. The zero-order valence-electron chi connectivity index (χ0n) is 27.1. The molecule has 0 aliphatic heterocycles. The maximum atomic E-state index is 15.5. The van der Waals surface area contributed by atoms with Crippen LogP contribution >= 0.6 is 0 Å². The van der Waals surface area contributed by atoms with E-state index in [0.29, 0.717) is 22.3 Å². The Balaban J connectivity index is 1.37. The lowest BCUT2D eigenvalue weighted by molar-refractivity contribution is -0.168. The highest BCUT2D eigenvalue weighted by molar-refractivity contribution is 5.85. The van der Waals surface area contributed by atoms with E-state index in [4.69, 9.17) is 4.74 Å². The van der Waals surface area contributed by atoms with Crippen molar-refractivity contribution in [3.8, 4) is 11.4 Å². The number of benzene rings is 3. The van der Waals surface area contributed by atoms with Crippen molar-refractivity contribution < 1.29 is 33.0 Å². The van der Waals surface area contributed by atoms with Crippen LogP contribution in [0.1, 0.15) is 16.7 Å². The molecule has 12 nitrogen and oxygen atoms in total. The van der Waals surface area contributed by atoms with E-state index in [9.17, 15) is 24.3 Å². The second-order valence-electron chi connectivity index (χ2n) is 11.4. The molecule has 2 aromatic heterocycles. The number of hydrogen-bond acceptors (Lipinski definition) is 8. The molecule has 2 unspecified atom stereocenters. The Labute approximate surface area is 291 Å². The average molecular weight is 697 g/mol. The summed E-state index contributed by atoms with van der Waals surface area (Å²) < 4.78 is 37.1. The van der Waals surface area contributed by atoms with Gasteiger partial charge in [-0.1, -0.05) is 91.0 Å². The molecule has 14 heteroatoms. The van der Waals surface area contributed by atoms with E-state index >= 15 is 8.78 Å². The first-order chi connectivity index (χ1) is 24.6. The third kappa shape index (κ3) is 9.67. The number of aliphatic hydroxyl groups is 1. The monoisotopic (exact) mass is 696 g/mol. The minimum Gasteiger partial charge on any atom is -0.444 e. The van der Waals surface area contributed by atoms with Crippen molar-refractivity contribution in [1.29, 1.82) is 0 Å². The van der Waals surface area contributed by atoms with Gasteiger partial charge in [-0.3, -0.25) is 29.3 Å². The maximum Gasteiger partial charge on any atom is 0.412 e. The van der Waals surface area contributed by atoms with Crippen LogP contribution in [0.25, 0.3) is 11.4 Å². The van der Waals surface area contributed by atoms with Crippen molar-refractivity contribution >= 4 is 23.6 Å². The Bertz CT molecular complexity index is 1980.